The van der Waals surface area contributed by atoms with Crippen molar-refractivity contribution in [2.75, 3.05) is 10.6 Å². The fraction of sp³-hybridized carbons (Fsp3) is 0. The van der Waals surface area contributed by atoms with Crippen LogP contribution in [0.25, 0.3) is 0 Å². The second-order valence-corrected chi connectivity index (χ2v) is 6.13. The Bertz CT molecular complexity index is 948. The van der Waals surface area contributed by atoms with Crippen LogP contribution in [-0.4, -0.2) is 10.9 Å². The summed E-state index contributed by atoms with van der Waals surface area (Å²) < 4.78 is 0.973. The third-order valence-electron chi connectivity index (χ3n) is 3.36. The zero-order valence-electron chi connectivity index (χ0n) is 13.0. The van der Waals surface area contributed by atoms with E-state index >= 15 is 0 Å². The van der Waals surface area contributed by atoms with E-state index in [2.05, 4.69) is 31.5 Å². The van der Waals surface area contributed by atoms with Crippen LogP contribution in [0.1, 0.15) is 16.1 Å². The first-order chi connectivity index (χ1) is 12.1. The van der Waals surface area contributed by atoms with Crippen molar-refractivity contribution < 1.29 is 4.79 Å². The van der Waals surface area contributed by atoms with Gasteiger partial charge in [0.25, 0.3) is 5.91 Å². The summed E-state index contributed by atoms with van der Waals surface area (Å²) in [5, 5.41) is 14.8. The molecule has 2 N–H and O–H groups in total. The average Bonchev–Trinajstić information content (AvgIpc) is 2.62. The van der Waals surface area contributed by atoms with Gasteiger partial charge in [-0.3, -0.25) is 4.79 Å². The van der Waals surface area contributed by atoms with E-state index in [0.29, 0.717) is 16.9 Å². The minimum atomic E-state index is -0.330. The van der Waals surface area contributed by atoms with E-state index in [4.69, 9.17) is 5.26 Å². The molecule has 122 valence electrons. The summed E-state index contributed by atoms with van der Waals surface area (Å²) in [4.78, 5) is 16.4. The number of aromatic nitrogens is 1. The largest absolute Gasteiger partial charge is 0.354 e. The highest BCUT2D eigenvalue weighted by Gasteiger charge is 2.08. The molecule has 0 spiro atoms. The maximum atomic E-state index is 12.2. The lowest BCUT2D eigenvalue weighted by atomic mass is 10.2. The Morgan fingerprint density at radius 1 is 1.00 bits per heavy atom. The third kappa shape index (κ3) is 4.43. The topological polar surface area (TPSA) is 77.8 Å². The molecule has 0 aliphatic carbocycles. The Balaban J connectivity index is 1.69. The van der Waals surface area contributed by atoms with Crippen LogP contribution in [0.15, 0.2) is 71.3 Å². The summed E-state index contributed by atoms with van der Waals surface area (Å²) >= 11 is 3.42. The highest BCUT2D eigenvalue weighted by molar-refractivity contribution is 9.10. The molecule has 0 bridgehead atoms. The van der Waals surface area contributed by atoms with Gasteiger partial charge >= 0.3 is 0 Å². The number of hydrogen-bond acceptors (Lipinski definition) is 4. The summed E-state index contributed by atoms with van der Waals surface area (Å²) in [6, 6.07) is 19.9. The summed E-state index contributed by atoms with van der Waals surface area (Å²) in [6.07, 6.45) is 1.60. The number of nitrogens with zero attached hydrogens (tertiary/aromatic N) is 2. The molecule has 0 aliphatic heterocycles. The van der Waals surface area contributed by atoms with E-state index in [9.17, 15) is 4.79 Å². The molecule has 0 radical (unpaired) electrons. The normalized spacial score (nSPS) is 9.92. The number of amides is 1. The van der Waals surface area contributed by atoms with Gasteiger partial charge in [-0.1, -0.05) is 28.1 Å². The van der Waals surface area contributed by atoms with Crippen molar-refractivity contribution in [3.05, 3.63) is 82.6 Å². The number of hydrogen-bond donors (Lipinski definition) is 2. The Kier molecular flexibility index (Phi) is 5.07. The fourth-order valence-electron chi connectivity index (χ4n) is 2.20. The molecule has 3 rings (SSSR count). The van der Waals surface area contributed by atoms with Gasteiger partial charge in [-0.2, -0.15) is 5.26 Å². The molecular formula is C19H13BrN4O. The maximum Gasteiger partial charge on any atom is 0.274 e. The standard InChI is InChI=1S/C19H13BrN4O/c20-14-4-2-6-16(10-14)23-17-7-8-18(22-12-17)19(25)24-15-5-1-3-13(9-15)11-21/h1-10,12,23H,(H,24,25). The lowest BCUT2D eigenvalue weighted by Crippen LogP contribution is -2.13. The van der Waals surface area contributed by atoms with Gasteiger partial charge in [0, 0.05) is 15.8 Å². The number of benzene rings is 2. The van der Waals surface area contributed by atoms with Crippen LogP contribution in [-0.2, 0) is 0 Å². The molecule has 0 unspecified atom stereocenters. The van der Waals surface area contributed by atoms with Gasteiger partial charge in [-0.25, -0.2) is 4.98 Å². The molecule has 0 saturated carbocycles. The lowest BCUT2D eigenvalue weighted by molar-refractivity contribution is 0.102. The highest BCUT2D eigenvalue weighted by Crippen LogP contribution is 2.20. The van der Waals surface area contributed by atoms with Crippen molar-refractivity contribution in [2.45, 2.75) is 0 Å². The number of nitrogens with one attached hydrogen (secondary N) is 2. The number of carbonyl (C=O) groups excluding carboxylic acids is 1. The number of anilines is 3. The average molecular weight is 393 g/mol. The molecule has 2 aromatic carbocycles. The van der Waals surface area contributed by atoms with Crippen LogP contribution in [0, 0.1) is 11.3 Å². The number of halogens is 1. The first-order valence-electron chi connectivity index (χ1n) is 7.44. The molecule has 0 aliphatic rings. The molecule has 1 heterocycles. The predicted octanol–water partition coefficient (Wildman–Crippen LogP) is 4.71. The molecular weight excluding hydrogens is 380 g/mol. The van der Waals surface area contributed by atoms with E-state index in [0.717, 1.165) is 15.8 Å². The first kappa shape index (κ1) is 16.7. The van der Waals surface area contributed by atoms with Crippen molar-refractivity contribution >= 4 is 38.9 Å². The molecule has 25 heavy (non-hydrogen) atoms. The Labute approximate surface area is 153 Å². The van der Waals surface area contributed by atoms with E-state index in [1.807, 2.05) is 30.3 Å². The van der Waals surface area contributed by atoms with Crippen LogP contribution in [0.4, 0.5) is 17.1 Å². The number of rotatable bonds is 4. The minimum absolute atomic E-state index is 0.294. The molecule has 0 atom stereocenters. The Morgan fingerprint density at radius 2 is 1.80 bits per heavy atom. The third-order valence-corrected chi connectivity index (χ3v) is 3.85. The van der Waals surface area contributed by atoms with Crippen molar-refractivity contribution in [2.24, 2.45) is 0 Å². The molecule has 5 nitrogen and oxygen atoms in total. The van der Waals surface area contributed by atoms with Crippen molar-refractivity contribution in [3.8, 4) is 6.07 Å². The maximum absolute atomic E-state index is 12.2. The van der Waals surface area contributed by atoms with Crippen LogP contribution in [0.3, 0.4) is 0 Å². The zero-order chi connectivity index (χ0) is 17.6. The second-order valence-electron chi connectivity index (χ2n) is 5.21. The smallest absolute Gasteiger partial charge is 0.274 e. The van der Waals surface area contributed by atoms with Crippen LogP contribution in [0.5, 0.6) is 0 Å². The van der Waals surface area contributed by atoms with Gasteiger partial charge in [-0.05, 0) is 48.5 Å². The fourth-order valence-corrected chi connectivity index (χ4v) is 2.60. The summed E-state index contributed by atoms with van der Waals surface area (Å²) in [5.41, 5.74) is 3.03. The SMILES string of the molecule is N#Cc1cccc(NC(=O)c2ccc(Nc3cccc(Br)c3)cn2)c1. The van der Waals surface area contributed by atoms with Crippen LogP contribution >= 0.6 is 15.9 Å². The number of nitriles is 1. The first-order valence-corrected chi connectivity index (χ1v) is 8.23. The molecule has 0 saturated heterocycles. The Hall–Kier alpha value is -3.17. The van der Waals surface area contributed by atoms with Gasteiger partial charge < -0.3 is 10.6 Å². The van der Waals surface area contributed by atoms with Crippen LogP contribution < -0.4 is 10.6 Å². The monoisotopic (exact) mass is 392 g/mol. The van der Waals surface area contributed by atoms with Crippen molar-refractivity contribution in [1.29, 1.82) is 5.26 Å². The highest BCUT2D eigenvalue weighted by atomic mass is 79.9. The van der Waals surface area contributed by atoms with Gasteiger partial charge in [0.05, 0.1) is 23.5 Å². The van der Waals surface area contributed by atoms with Gasteiger partial charge in [0.1, 0.15) is 5.69 Å². The van der Waals surface area contributed by atoms with Crippen LogP contribution in [0.2, 0.25) is 0 Å². The molecule has 0 fully saturated rings. The van der Waals surface area contributed by atoms with Crippen molar-refractivity contribution in [3.63, 3.8) is 0 Å². The summed E-state index contributed by atoms with van der Waals surface area (Å²) in [7, 11) is 0. The quantitative estimate of drug-likeness (QED) is 0.673. The van der Waals surface area contributed by atoms with E-state index in [1.54, 1.807) is 42.6 Å². The van der Waals surface area contributed by atoms with Gasteiger partial charge in [-0.15, -0.1) is 0 Å². The Morgan fingerprint density at radius 3 is 2.52 bits per heavy atom. The van der Waals surface area contributed by atoms with Gasteiger partial charge in [0.2, 0.25) is 0 Å². The molecule has 1 amide bonds. The number of pyridine rings is 1. The molecule has 6 heteroatoms. The predicted molar refractivity (Wildman–Crippen MR) is 101 cm³/mol. The number of carbonyl (C=O) groups is 1. The van der Waals surface area contributed by atoms with E-state index < -0.39 is 0 Å². The summed E-state index contributed by atoms with van der Waals surface area (Å²) in [6.45, 7) is 0. The lowest BCUT2D eigenvalue weighted by Gasteiger charge is -2.08. The summed E-state index contributed by atoms with van der Waals surface area (Å²) in [5.74, 6) is -0.330. The second kappa shape index (κ2) is 7.60. The molecule has 3 aromatic rings. The zero-order valence-corrected chi connectivity index (χ0v) is 14.6. The minimum Gasteiger partial charge on any atom is -0.354 e. The van der Waals surface area contributed by atoms with E-state index in [1.165, 1.54) is 0 Å². The van der Waals surface area contributed by atoms with Gasteiger partial charge in [0.15, 0.2) is 0 Å². The molecule has 1 aromatic heterocycles. The van der Waals surface area contributed by atoms with Crippen molar-refractivity contribution in [1.82, 2.24) is 4.98 Å². The van der Waals surface area contributed by atoms with E-state index in [-0.39, 0.29) is 5.91 Å².